The molecule has 0 saturated carbocycles. The summed E-state index contributed by atoms with van der Waals surface area (Å²) in [6.07, 6.45) is -2.60. The summed E-state index contributed by atoms with van der Waals surface area (Å²) in [5, 5.41) is 5.30. The summed E-state index contributed by atoms with van der Waals surface area (Å²) in [7, 11) is 0. The van der Waals surface area contributed by atoms with E-state index in [1.807, 2.05) is 5.10 Å². The zero-order chi connectivity index (χ0) is 17.7. The van der Waals surface area contributed by atoms with Crippen LogP contribution in [0.1, 0.15) is 39.0 Å². The van der Waals surface area contributed by atoms with Crippen LogP contribution in [-0.4, -0.2) is 28.6 Å². The van der Waals surface area contributed by atoms with Crippen molar-refractivity contribution in [2.75, 3.05) is 6.61 Å². The third-order valence-corrected chi connectivity index (χ3v) is 2.99. The highest BCUT2D eigenvalue weighted by Gasteiger charge is 2.42. The Hall–Kier alpha value is -2.90. The lowest BCUT2D eigenvalue weighted by Gasteiger charge is -2.08. The van der Waals surface area contributed by atoms with E-state index in [0.29, 0.717) is 5.56 Å². The van der Waals surface area contributed by atoms with Crippen LogP contribution in [0.15, 0.2) is 36.4 Å². The number of halogens is 3. The minimum atomic E-state index is -4.93. The second-order valence-corrected chi connectivity index (χ2v) is 4.65. The number of carbonyl (C=O) groups is 2. The summed E-state index contributed by atoms with van der Waals surface area (Å²) in [6.45, 7) is 1.35. The Bertz CT molecular complexity index is 765. The molecule has 0 spiro atoms. The predicted molar refractivity (Wildman–Crippen MR) is 79.4 cm³/mol. The Morgan fingerprint density at radius 2 is 1.92 bits per heavy atom. The number of hydrogen-bond donors (Lipinski definition) is 1. The lowest BCUT2D eigenvalue weighted by Crippen LogP contribution is -2.17. The molecule has 0 atom stereocenters. The quantitative estimate of drug-likeness (QED) is 0.514. The van der Waals surface area contributed by atoms with E-state index in [-0.39, 0.29) is 6.61 Å². The van der Waals surface area contributed by atoms with E-state index in [2.05, 4.69) is 9.84 Å². The van der Waals surface area contributed by atoms with E-state index in [4.69, 9.17) is 0 Å². The van der Waals surface area contributed by atoms with Crippen LogP contribution in [0.3, 0.4) is 0 Å². The van der Waals surface area contributed by atoms with Crippen LogP contribution in [0.5, 0.6) is 0 Å². The van der Waals surface area contributed by atoms with Gasteiger partial charge in [0.1, 0.15) is 11.3 Å². The van der Waals surface area contributed by atoms with Crippen molar-refractivity contribution >= 4 is 17.8 Å². The molecule has 0 aliphatic heterocycles. The van der Waals surface area contributed by atoms with Gasteiger partial charge in [-0.1, -0.05) is 36.4 Å². The minimum Gasteiger partial charge on any atom is -0.461 e. The number of ether oxygens (including phenoxy) is 1. The molecule has 1 aromatic heterocycles. The topological polar surface area (TPSA) is 72.1 Å². The summed E-state index contributed by atoms with van der Waals surface area (Å²) >= 11 is 0. The average Bonchev–Trinajstić information content (AvgIpc) is 2.99. The molecule has 0 radical (unpaired) electrons. The van der Waals surface area contributed by atoms with Crippen molar-refractivity contribution in [2.24, 2.45) is 0 Å². The number of ketones is 1. The van der Waals surface area contributed by atoms with Crippen molar-refractivity contribution in [2.45, 2.75) is 13.1 Å². The summed E-state index contributed by atoms with van der Waals surface area (Å²) in [4.78, 5) is 23.7. The van der Waals surface area contributed by atoms with Gasteiger partial charge in [0, 0.05) is 0 Å². The first kappa shape index (κ1) is 17.5. The molecule has 2 aromatic rings. The van der Waals surface area contributed by atoms with Gasteiger partial charge in [-0.25, -0.2) is 4.79 Å². The first-order valence-corrected chi connectivity index (χ1v) is 6.94. The first-order valence-electron chi connectivity index (χ1n) is 6.94. The molecule has 0 saturated heterocycles. The molecule has 1 heterocycles. The molecular weight excluding hydrogens is 325 g/mol. The molecule has 0 aliphatic rings. The zero-order valence-corrected chi connectivity index (χ0v) is 12.6. The summed E-state index contributed by atoms with van der Waals surface area (Å²) in [5.41, 5.74) is -2.55. The second kappa shape index (κ2) is 7.12. The monoisotopic (exact) mass is 338 g/mol. The average molecular weight is 338 g/mol. The van der Waals surface area contributed by atoms with E-state index < -0.39 is 34.9 Å². The maximum atomic E-state index is 13.2. The van der Waals surface area contributed by atoms with Crippen molar-refractivity contribution in [1.29, 1.82) is 0 Å². The van der Waals surface area contributed by atoms with Crippen molar-refractivity contribution in [3.05, 3.63) is 58.9 Å². The highest BCUT2D eigenvalue weighted by molar-refractivity contribution is 6.08. The van der Waals surface area contributed by atoms with E-state index in [0.717, 1.165) is 6.08 Å². The molecular formula is C16H13F3N2O3. The molecule has 1 N–H and O–H groups in total. The Kier molecular flexibility index (Phi) is 5.18. The normalized spacial score (nSPS) is 11.7. The predicted octanol–water partition coefficient (Wildman–Crippen LogP) is 3.50. The van der Waals surface area contributed by atoms with Crippen LogP contribution in [0.4, 0.5) is 13.2 Å². The fraction of sp³-hybridized carbons (Fsp3) is 0.188. The van der Waals surface area contributed by atoms with Crippen LogP contribution < -0.4 is 0 Å². The SMILES string of the molecule is CCOC(=O)c1[nH]nc(C(=O)C=Cc2ccccc2)c1C(F)(F)F. The Morgan fingerprint density at radius 3 is 2.50 bits per heavy atom. The van der Waals surface area contributed by atoms with Gasteiger partial charge in [0.15, 0.2) is 5.69 Å². The van der Waals surface area contributed by atoms with Gasteiger partial charge in [0.25, 0.3) is 0 Å². The lowest BCUT2D eigenvalue weighted by molar-refractivity contribution is -0.138. The lowest BCUT2D eigenvalue weighted by atomic mass is 10.1. The Balaban J connectivity index is 2.38. The second-order valence-electron chi connectivity index (χ2n) is 4.65. The summed E-state index contributed by atoms with van der Waals surface area (Å²) in [6, 6.07) is 8.57. The maximum Gasteiger partial charge on any atom is 0.421 e. The number of allylic oxidation sites excluding steroid dienone is 1. The van der Waals surface area contributed by atoms with Gasteiger partial charge in [-0.15, -0.1) is 0 Å². The highest BCUT2D eigenvalue weighted by Crippen LogP contribution is 2.34. The first-order chi connectivity index (χ1) is 11.3. The van der Waals surface area contributed by atoms with E-state index in [9.17, 15) is 22.8 Å². The number of alkyl halides is 3. The number of rotatable bonds is 5. The molecule has 0 bridgehead atoms. The van der Waals surface area contributed by atoms with Gasteiger partial charge in [0.05, 0.1) is 6.61 Å². The van der Waals surface area contributed by atoms with Gasteiger partial charge < -0.3 is 4.74 Å². The van der Waals surface area contributed by atoms with Crippen LogP contribution in [-0.2, 0) is 10.9 Å². The van der Waals surface area contributed by atoms with Gasteiger partial charge in [0.2, 0.25) is 5.78 Å². The van der Waals surface area contributed by atoms with Crippen molar-refractivity contribution in [3.63, 3.8) is 0 Å². The highest BCUT2D eigenvalue weighted by atomic mass is 19.4. The number of nitrogens with one attached hydrogen (secondary N) is 1. The van der Waals surface area contributed by atoms with E-state index in [1.165, 1.54) is 13.0 Å². The van der Waals surface area contributed by atoms with Gasteiger partial charge >= 0.3 is 12.1 Å². The molecule has 126 valence electrons. The van der Waals surface area contributed by atoms with Gasteiger partial charge in [-0.3, -0.25) is 9.89 Å². The van der Waals surface area contributed by atoms with Crippen LogP contribution >= 0.6 is 0 Å². The fourth-order valence-electron chi connectivity index (χ4n) is 1.96. The third-order valence-electron chi connectivity index (χ3n) is 2.99. The van der Waals surface area contributed by atoms with Crippen LogP contribution in [0.2, 0.25) is 0 Å². The Morgan fingerprint density at radius 1 is 1.25 bits per heavy atom. The molecule has 0 fully saturated rings. The third kappa shape index (κ3) is 3.89. The molecule has 0 aliphatic carbocycles. The number of hydrogen-bond acceptors (Lipinski definition) is 4. The number of nitrogens with zero attached hydrogens (tertiary/aromatic N) is 1. The van der Waals surface area contributed by atoms with Crippen molar-refractivity contribution in [1.82, 2.24) is 10.2 Å². The fourth-order valence-corrected chi connectivity index (χ4v) is 1.96. The van der Waals surface area contributed by atoms with Gasteiger partial charge in [-0.05, 0) is 18.6 Å². The molecule has 8 heteroatoms. The minimum absolute atomic E-state index is 0.105. The molecule has 24 heavy (non-hydrogen) atoms. The number of aromatic amines is 1. The standard InChI is InChI=1S/C16H13F3N2O3/c1-2-24-15(23)14-12(16(17,18)19)13(20-21-14)11(22)9-8-10-6-4-3-5-7-10/h3-9H,2H2,1H3,(H,20,21). The molecule has 0 unspecified atom stereocenters. The summed E-state index contributed by atoms with van der Waals surface area (Å²) in [5.74, 6) is -2.19. The van der Waals surface area contributed by atoms with Gasteiger partial charge in [-0.2, -0.15) is 18.3 Å². The zero-order valence-electron chi connectivity index (χ0n) is 12.6. The van der Waals surface area contributed by atoms with Crippen LogP contribution in [0, 0.1) is 0 Å². The number of aromatic nitrogens is 2. The molecule has 2 rings (SSSR count). The van der Waals surface area contributed by atoms with Crippen molar-refractivity contribution < 1.29 is 27.5 Å². The summed E-state index contributed by atoms with van der Waals surface area (Å²) < 4.78 is 44.2. The maximum absolute atomic E-state index is 13.2. The van der Waals surface area contributed by atoms with E-state index >= 15 is 0 Å². The smallest absolute Gasteiger partial charge is 0.421 e. The van der Waals surface area contributed by atoms with E-state index in [1.54, 1.807) is 30.3 Å². The largest absolute Gasteiger partial charge is 0.461 e. The molecule has 0 amide bonds. The molecule has 5 nitrogen and oxygen atoms in total. The molecule has 1 aromatic carbocycles. The number of esters is 1. The number of benzene rings is 1. The van der Waals surface area contributed by atoms with Crippen molar-refractivity contribution in [3.8, 4) is 0 Å². The number of H-pyrrole nitrogens is 1. The number of carbonyl (C=O) groups excluding carboxylic acids is 2. The Labute approximate surface area is 135 Å². The van der Waals surface area contributed by atoms with Crippen LogP contribution in [0.25, 0.3) is 6.08 Å².